The summed E-state index contributed by atoms with van der Waals surface area (Å²) in [6.07, 6.45) is 0. The maximum absolute atomic E-state index is 3.47. The Bertz CT molecular complexity index is 461. The van der Waals surface area contributed by atoms with Gasteiger partial charge in [0.1, 0.15) is 0 Å². The van der Waals surface area contributed by atoms with Gasteiger partial charge in [-0.2, -0.15) is 0 Å². The minimum Gasteiger partial charge on any atom is -0.0616 e. The Labute approximate surface area is 97.9 Å². The van der Waals surface area contributed by atoms with Crippen LogP contribution < -0.4 is 0 Å². The minimum absolute atomic E-state index is 0.144. The van der Waals surface area contributed by atoms with E-state index in [1.165, 1.54) is 5.56 Å². The highest BCUT2D eigenvalue weighted by molar-refractivity contribution is 5.62. The summed E-state index contributed by atoms with van der Waals surface area (Å²) in [5.74, 6) is 0. The standard InChI is InChI=1S/C16H16/c1-16(2,3)15-11-7-10-14(12-15)13-8-5-4-6-9-13/h4-8,10-11H,1-3H3. The predicted octanol–water partition coefficient (Wildman–Crippen LogP) is 4.25. The van der Waals surface area contributed by atoms with Crippen molar-refractivity contribution in [3.63, 3.8) is 0 Å². The summed E-state index contributed by atoms with van der Waals surface area (Å²) in [5, 5.41) is 0. The molecular weight excluding hydrogens is 192 g/mol. The largest absolute Gasteiger partial charge is 0.0616 e. The lowest BCUT2D eigenvalue weighted by atomic mass is 9.85. The summed E-state index contributed by atoms with van der Waals surface area (Å²) in [5.41, 5.74) is 3.61. The van der Waals surface area contributed by atoms with Crippen LogP contribution in [0.25, 0.3) is 11.1 Å². The van der Waals surface area contributed by atoms with E-state index in [1.54, 1.807) is 0 Å². The van der Waals surface area contributed by atoms with Crippen LogP contribution in [0.2, 0.25) is 0 Å². The third-order valence-electron chi connectivity index (χ3n) is 2.60. The Balaban J connectivity index is 2.45. The summed E-state index contributed by atoms with van der Waals surface area (Å²) in [6, 6.07) is 21.0. The molecule has 0 aliphatic carbocycles. The maximum atomic E-state index is 3.47. The topological polar surface area (TPSA) is 0 Å². The van der Waals surface area contributed by atoms with Crippen LogP contribution in [0, 0.1) is 12.1 Å². The van der Waals surface area contributed by atoms with Crippen molar-refractivity contribution in [3.8, 4) is 11.1 Å². The van der Waals surface area contributed by atoms with Crippen LogP contribution >= 0.6 is 0 Å². The van der Waals surface area contributed by atoms with E-state index >= 15 is 0 Å². The van der Waals surface area contributed by atoms with Gasteiger partial charge >= 0.3 is 0 Å². The molecule has 0 atom stereocenters. The van der Waals surface area contributed by atoms with Crippen LogP contribution in [0.15, 0.2) is 42.5 Å². The van der Waals surface area contributed by atoms with E-state index < -0.39 is 0 Å². The first-order chi connectivity index (χ1) is 7.57. The van der Waals surface area contributed by atoms with Gasteiger partial charge in [0.25, 0.3) is 0 Å². The first-order valence-corrected chi connectivity index (χ1v) is 5.57. The summed E-state index contributed by atoms with van der Waals surface area (Å²) < 4.78 is 0. The molecule has 0 spiro atoms. The maximum Gasteiger partial charge on any atom is -0.00585 e. The zero-order chi connectivity index (χ0) is 11.6. The third kappa shape index (κ3) is 2.33. The second kappa shape index (κ2) is 4.13. The Morgan fingerprint density at radius 3 is 2.25 bits per heavy atom. The first kappa shape index (κ1) is 10.9. The fourth-order valence-electron chi connectivity index (χ4n) is 1.62. The fraction of sp³-hybridized carbons (Fsp3) is 0.250. The van der Waals surface area contributed by atoms with Crippen LogP contribution in [-0.2, 0) is 5.41 Å². The van der Waals surface area contributed by atoms with Crippen LogP contribution in [-0.4, -0.2) is 0 Å². The molecule has 0 amide bonds. The molecule has 0 fully saturated rings. The number of hydrogen-bond donors (Lipinski definition) is 0. The molecule has 2 aromatic carbocycles. The van der Waals surface area contributed by atoms with E-state index in [-0.39, 0.29) is 5.41 Å². The van der Waals surface area contributed by atoms with E-state index in [0.717, 1.165) is 11.1 Å². The highest BCUT2D eigenvalue weighted by Crippen LogP contribution is 2.26. The number of rotatable bonds is 1. The second-order valence-electron chi connectivity index (χ2n) is 5.00. The van der Waals surface area contributed by atoms with Crippen LogP contribution in [0.4, 0.5) is 0 Å². The normalized spacial score (nSPS) is 11.4. The second-order valence-corrected chi connectivity index (χ2v) is 5.00. The van der Waals surface area contributed by atoms with Gasteiger partial charge in [-0.3, -0.25) is 0 Å². The Hall–Kier alpha value is -1.56. The van der Waals surface area contributed by atoms with Gasteiger partial charge in [0.2, 0.25) is 0 Å². The van der Waals surface area contributed by atoms with Crippen molar-refractivity contribution in [2.24, 2.45) is 0 Å². The average Bonchev–Trinajstić information content (AvgIpc) is 2.29. The SMILES string of the molecule is CC(C)(C)c1[c]c(-c2[c]cccc2)ccc1. The third-order valence-corrected chi connectivity index (χ3v) is 2.60. The molecule has 0 unspecified atom stereocenters. The lowest BCUT2D eigenvalue weighted by Crippen LogP contribution is -2.10. The van der Waals surface area contributed by atoms with Crippen LogP contribution in [0.1, 0.15) is 26.3 Å². The van der Waals surface area contributed by atoms with Gasteiger partial charge in [0.05, 0.1) is 0 Å². The number of benzene rings is 2. The van der Waals surface area contributed by atoms with E-state index in [4.69, 9.17) is 0 Å². The molecular formula is C16H16. The fourth-order valence-corrected chi connectivity index (χ4v) is 1.62. The Morgan fingerprint density at radius 1 is 0.875 bits per heavy atom. The first-order valence-electron chi connectivity index (χ1n) is 5.57. The smallest absolute Gasteiger partial charge is 0.00585 e. The molecule has 0 N–H and O–H groups in total. The molecule has 0 aliphatic heterocycles. The van der Waals surface area contributed by atoms with E-state index in [1.807, 2.05) is 18.2 Å². The Kier molecular flexibility index (Phi) is 2.82. The number of hydrogen-bond acceptors (Lipinski definition) is 0. The van der Waals surface area contributed by atoms with E-state index in [0.29, 0.717) is 0 Å². The summed E-state index contributed by atoms with van der Waals surface area (Å²) in [4.78, 5) is 0. The zero-order valence-corrected chi connectivity index (χ0v) is 10.0. The van der Waals surface area contributed by atoms with Crippen molar-refractivity contribution in [1.82, 2.24) is 0 Å². The molecule has 0 heteroatoms. The van der Waals surface area contributed by atoms with E-state index in [2.05, 4.69) is 57.2 Å². The zero-order valence-electron chi connectivity index (χ0n) is 10.0. The van der Waals surface area contributed by atoms with Gasteiger partial charge in [-0.05, 0) is 34.2 Å². The van der Waals surface area contributed by atoms with Crippen molar-refractivity contribution < 1.29 is 0 Å². The molecule has 0 saturated carbocycles. The van der Waals surface area contributed by atoms with Gasteiger partial charge in [0.15, 0.2) is 0 Å². The molecule has 2 aromatic rings. The highest BCUT2D eigenvalue weighted by atomic mass is 14.2. The highest BCUT2D eigenvalue weighted by Gasteiger charge is 2.14. The van der Waals surface area contributed by atoms with Crippen molar-refractivity contribution in [1.29, 1.82) is 0 Å². The van der Waals surface area contributed by atoms with Crippen molar-refractivity contribution >= 4 is 0 Å². The molecule has 16 heavy (non-hydrogen) atoms. The lowest BCUT2D eigenvalue weighted by molar-refractivity contribution is 0.589. The average molecular weight is 208 g/mol. The molecule has 0 aromatic heterocycles. The Morgan fingerprint density at radius 2 is 1.62 bits per heavy atom. The van der Waals surface area contributed by atoms with Crippen molar-refractivity contribution in [2.45, 2.75) is 26.2 Å². The van der Waals surface area contributed by atoms with Gasteiger partial charge in [-0.15, -0.1) is 0 Å². The monoisotopic (exact) mass is 208 g/mol. The van der Waals surface area contributed by atoms with E-state index in [9.17, 15) is 0 Å². The van der Waals surface area contributed by atoms with Gasteiger partial charge < -0.3 is 0 Å². The quantitative estimate of drug-likeness (QED) is 0.657. The van der Waals surface area contributed by atoms with Crippen LogP contribution in [0.5, 0.6) is 0 Å². The molecule has 2 radical (unpaired) electrons. The molecule has 0 aliphatic rings. The van der Waals surface area contributed by atoms with Gasteiger partial charge in [-0.25, -0.2) is 0 Å². The van der Waals surface area contributed by atoms with Crippen molar-refractivity contribution in [3.05, 3.63) is 60.2 Å². The van der Waals surface area contributed by atoms with Crippen LogP contribution in [0.3, 0.4) is 0 Å². The summed E-state index contributed by atoms with van der Waals surface area (Å²) in [6.45, 7) is 6.62. The molecule has 0 bridgehead atoms. The molecule has 2 rings (SSSR count). The summed E-state index contributed by atoms with van der Waals surface area (Å²) >= 11 is 0. The lowest BCUT2D eigenvalue weighted by Gasteiger charge is -2.19. The molecule has 80 valence electrons. The molecule has 0 nitrogen and oxygen atoms in total. The predicted molar refractivity (Wildman–Crippen MR) is 68.3 cm³/mol. The van der Waals surface area contributed by atoms with Crippen molar-refractivity contribution in [2.75, 3.05) is 0 Å². The molecule has 0 heterocycles. The molecule has 0 saturated heterocycles. The summed E-state index contributed by atoms with van der Waals surface area (Å²) in [7, 11) is 0. The van der Waals surface area contributed by atoms with Gasteiger partial charge in [-0.1, -0.05) is 63.2 Å². The van der Waals surface area contributed by atoms with Gasteiger partial charge in [0, 0.05) is 0 Å². The minimum atomic E-state index is 0.144.